The van der Waals surface area contributed by atoms with Crippen molar-refractivity contribution in [2.75, 3.05) is 12.3 Å². The predicted molar refractivity (Wildman–Crippen MR) is 53.1 cm³/mol. The second-order valence-corrected chi connectivity index (χ2v) is 3.30. The van der Waals surface area contributed by atoms with Crippen LogP contribution in [0.25, 0.3) is 0 Å². The lowest BCUT2D eigenvalue weighted by molar-refractivity contribution is -0.0731. The van der Waals surface area contributed by atoms with Crippen LogP contribution in [-0.4, -0.2) is 22.4 Å². The maximum atomic E-state index is 11.5. The highest BCUT2D eigenvalue weighted by Gasteiger charge is 2.26. The Balaban J connectivity index is 2.20. The zero-order valence-electron chi connectivity index (χ0n) is 8.42. The van der Waals surface area contributed by atoms with Crippen molar-refractivity contribution in [3.8, 4) is 0 Å². The highest BCUT2D eigenvalue weighted by molar-refractivity contribution is 5.23. The molecule has 2 rings (SSSR count). The summed E-state index contributed by atoms with van der Waals surface area (Å²) in [7, 11) is 0. The summed E-state index contributed by atoms with van der Waals surface area (Å²) >= 11 is 0. The number of aromatic nitrogens is 2. The van der Waals surface area contributed by atoms with Gasteiger partial charge in [-0.25, -0.2) is 4.79 Å². The quantitative estimate of drug-likeness (QED) is 0.750. The molecule has 0 spiro atoms. The average molecular weight is 211 g/mol. The SMILES string of the molecule is CC[C@H]1OCC(n2ccc(N)nc2=O)O1. The van der Waals surface area contributed by atoms with Crippen LogP contribution >= 0.6 is 0 Å². The minimum absolute atomic E-state index is 0.210. The highest BCUT2D eigenvalue weighted by Crippen LogP contribution is 2.20. The van der Waals surface area contributed by atoms with E-state index >= 15 is 0 Å². The van der Waals surface area contributed by atoms with E-state index in [0.717, 1.165) is 6.42 Å². The number of hydrogen-bond acceptors (Lipinski definition) is 5. The van der Waals surface area contributed by atoms with Crippen LogP contribution in [0.5, 0.6) is 0 Å². The maximum Gasteiger partial charge on any atom is 0.351 e. The summed E-state index contributed by atoms with van der Waals surface area (Å²) in [4.78, 5) is 15.1. The molecule has 1 aromatic rings. The molecule has 1 aliphatic heterocycles. The van der Waals surface area contributed by atoms with Crippen molar-refractivity contribution in [1.29, 1.82) is 0 Å². The van der Waals surface area contributed by atoms with E-state index in [-0.39, 0.29) is 12.1 Å². The molecule has 1 saturated heterocycles. The van der Waals surface area contributed by atoms with Gasteiger partial charge in [-0.05, 0) is 12.5 Å². The van der Waals surface area contributed by atoms with Gasteiger partial charge in [0.1, 0.15) is 5.82 Å². The fourth-order valence-electron chi connectivity index (χ4n) is 1.45. The molecule has 0 saturated carbocycles. The van der Waals surface area contributed by atoms with E-state index < -0.39 is 11.9 Å². The lowest BCUT2D eigenvalue weighted by Crippen LogP contribution is -2.28. The molecule has 0 amide bonds. The summed E-state index contributed by atoms with van der Waals surface area (Å²) in [6.45, 7) is 2.32. The molecule has 0 radical (unpaired) electrons. The van der Waals surface area contributed by atoms with Gasteiger partial charge in [-0.15, -0.1) is 0 Å². The van der Waals surface area contributed by atoms with Gasteiger partial charge < -0.3 is 15.2 Å². The molecule has 2 atom stereocenters. The van der Waals surface area contributed by atoms with Crippen molar-refractivity contribution in [2.24, 2.45) is 0 Å². The topological polar surface area (TPSA) is 79.4 Å². The Morgan fingerprint density at radius 2 is 2.53 bits per heavy atom. The number of anilines is 1. The molecule has 6 nitrogen and oxygen atoms in total. The number of nitrogen functional groups attached to an aromatic ring is 1. The molecule has 2 N–H and O–H groups in total. The number of hydrogen-bond donors (Lipinski definition) is 1. The lowest BCUT2D eigenvalue weighted by atomic mass is 10.5. The van der Waals surface area contributed by atoms with Crippen molar-refractivity contribution in [3.63, 3.8) is 0 Å². The first-order valence-corrected chi connectivity index (χ1v) is 4.82. The molecule has 2 heterocycles. The van der Waals surface area contributed by atoms with E-state index in [1.54, 1.807) is 12.3 Å². The molecular weight excluding hydrogens is 198 g/mol. The number of ether oxygens (including phenoxy) is 2. The molecular formula is C9H13N3O3. The van der Waals surface area contributed by atoms with Crippen molar-refractivity contribution in [2.45, 2.75) is 25.9 Å². The van der Waals surface area contributed by atoms with E-state index in [2.05, 4.69) is 4.98 Å². The van der Waals surface area contributed by atoms with Crippen LogP contribution in [0.3, 0.4) is 0 Å². The predicted octanol–water partition coefficient (Wildman–Crippen LogP) is 0.107. The van der Waals surface area contributed by atoms with Crippen LogP contribution in [0.15, 0.2) is 17.1 Å². The normalized spacial score (nSPS) is 25.7. The number of nitrogens with zero attached hydrogens (tertiary/aromatic N) is 2. The summed E-state index contributed by atoms with van der Waals surface area (Å²) in [5.41, 5.74) is 4.97. The second-order valence-electron chi connectivity index (χ2n) is 3.30. The Hall–Kier alpha value is -1.40. The zero-order chi connectivity index (χ0) is 10.8. The van der Waals surface area contributed by atoms with E-state index in [0.29, 0.717) is 6.61 Å². The van der Waals surface area contributed by atoms with E-state index in [9.17, 15) is 4.79 Å². The highest BCUT2D eigenvalue weighted by atomic mass is 16.7. The monoisotopic (exact) mass is 211 g/mol. The zero-order valence-corrected chi connectivity index (χ0v) is 8.42. The van der Waals surface area contributed by atoms with E-state index in [1.165, 1.54) is 4.57 Å². The first kappa shape index (κ1) is 10.1. The Labute approximate surface area is 86.6 Å². The van der Waals surface area contributed by atoms with Gasteiger partial charge in [0.25, 0.3) is 0 Å². The summed E-state index contributed by atoms with van der Waals surface area (Å²) in [6, 6.07) is 1.56. The molecule has 1 aliphatic rings. The Bertz CT molecular complexity index is 404. The van der Waals surface area contributed by atoms with Crippen LogP contribution in [0, 0.1) is 0 Å². The third-order valence-corrected chi connectivity index (χ3v) is 2.23. The lowest BCUT2D eigenvalue weighted by Gasteiger charge is -2.11. The van der Waals surface area contributed by atoms with Crippen molar-refractivity contribution in [1.82, 2.24) is 9.55 Å². The van der Waals surface area contributed by atoms with Crippen LogP contribution in [0.4, 0.5) is 5.82 Å². The van der Waals surface area contributed by atoms with Gasteiger partial charge in [0.15, 0.2) is 12.5 Å². The number of nitrogens with two attached hydrogens (primary N) is 1. The van der Waals surface area contributed by atoms with Gasteiger partial charge in [0.2, 0.25) is 0 Å². The molecule has 0 aromatic carbocycles. The van der Waals surface area contributed by atoms with Gasteiger partial charge in [-0.3, -0.25) is 4.57 Å². The molecule has 1 unspecified atom stereocenters. The molecule has 1 fully saturated rings. The largest absolute Gasteiger partial charge is 0.383 e. The van der Waals surface area contributed by atoms with Crippen molar-refractivity contribution in [3.05, 3.63) is 22.7 Å². The minimum Gasteiger partial charge on any atom is -0.383 e. The summed E-state index contributed by atoms with van der Waals surface area (Å²) in [5, 5.41) is 0. The third-order valence-electron chi connectivity index (χ3n) is 2.23. The first-order chi connectivity index (χ1) is 7.20. The Morgan fingerprint density at radius 1 is 1.73 bits per heavy atom. The molecule has 82 valence electrons. The van der Waals surface area contributed by atoms with Crippen molar-refractivity contribution < 1.29 is 9.47 Å². The number of rotatable bonds is 2. The maximum absolute atomic E-state index is 11.5. The standard InChI is InChI=1S/C9H13N3O3/c1-2-8-14-5-7(15-8)12-4-3-6(10)11-9(12)13/h3-4,7-8H,2,5H2,1H3,(H2,10,11,13)/t7?,8-/m0/s1. The summed E-state index contributed by atoms with van der Waals surface area (Å²) < 4.78 is 12.2. The van der Waals surface area contributed by atoms with Gasteiger partial charge in [-0.1, -0.05) is 6.92 Å². The Morgan fingerprint density at radius 3 is 3.13 bits per heavy atom. The van der Waals surface area contributed by atoms with Crippen LogP contribution < -0.4 is 11.4 Å². The van der Waals surface area contributed by atoms with Crippen LogP contribution in [0.1, 0.15) is 19.6 Å². The van der Waals surface area contributed by atoms with Crippen LogP contribution in [0.2, 0.25) is 0 Å². The third kappa shape index (κ3) is 2.00. The fourth-order valence-corrected chi connectivity index (χ4v) is 1.45. The Kier molecular flexibility index (Phi) is 2.70. The van der Waals surface area contributed by atoms with Crippen LogP contribution in [-0.2, 0) is 9.47 Å². The molecule has 1 aromatic heterocycles. The summed E-state index contributed by atoms with van der Waals surface area (Å²) in [6.07, 6.45) is 1.69. The molecule has 6 heteroatoms. The molecule has 0 bridgehead atoms. The van der Waals surface area contributed by atoms with E-state index in [4.69, 9.17) is 15.2 Å². The van der Waals surface area contributed by atoms with Crippen molar-refractivity contribution >= 4 is 5.82 Å². The van der Waals surface area contributed by atoms with Gasteiger partial charge in [-0.2, -0.15) is 4.98 Å². The first-order valence-electron chi connectivity index (χ1n) is 4.82. The smallest absolute Gasteiger partial charge is 0.351 e. The average Bonchev–Trinajstić information content (AvgIpc) is 2.66. The van der Waals surface area contributed by atoms with Gasteiger partial charge in [0, 0.05) is 6.20 Å². The molecule has 15 heavy (non-hydrogen) atoms. The minimum atomic E-state index is -0.416. The van der Waals surface area contributed by atoms with Gasteiger partial charge >= 0.3 is 5.69 Å². The molecule has 0 aliphatic carbocycles. The second kappa shape index (κ2) is 4.00. The van der Waals surface area contributed by atoms with E-state index in [1.807, 2.05) is 6.92 Å². The fraction of sp³-hybridized carbons (Fsp3) is 0.556. The summed E-state index contributed by atoms with van der Waals surface area (Å²) in [5.74, 6) is 0.210. The van der Waals surface area contributed by atoms with Gasteiger partial charge in [0.05, 0.1) is 6.61 Å².